The molecule has 2 atom stereocenters. The molecule has 160 valence electrons. The van der Waals surface area contributed by atoms with Crippen molar-refractivity contribution in [3.05, 3.63) is 64.7 Å². The van der Waals surface area contributed by atoms with Gasteiger partial charge in [-0.3, -0.25) is 0 Å². The lowest BCUT2D eigenvalue weighted by atomic mass is 9.58. The Hall–Kier alpha value is -2.54. The number of fused-ring (bicyclic) bond motifs is 2. The van der Waals surface area contributed by atoms with Crippen LogP contribution in [-0.4, -0.2) is 42.7 Å². The highest BCUT2D eigenvalue weighted by molar-refractivity contribution is 5.72. The molecule has 2 aromatic rings. The fourth-order valence-corrected chi connectivity index (χ4v) is 5.27. The quantitative estimate of drug-likeness (QED) is 0.644. The highest BCUT2D eigenvalue weighted by Crippen LogP contribution is 2.65. The van der Waals surface area contributed by atoms with Crippen molar-refractivity contribution in [2.24, 2.45) is 5.92 Å². The van der Waals surface area contributed by atoms with Gasteiger partial charge in [-0.25, -0.2) is 0 Å². The Morgan fingerprint density at radius 1 is 0.767 bits per heavy atom. The first kappa shape index (κ1) is 20.7. The summed E-state index contributed by atoms with van der Waals surface area (Å²) in [6, 6.07) is 11.9. The summed E-state index contributed by atoms with van der Waals surface area (Å²) >= 11 is 0. The van der Waals surface area contributed by atoms with Crippen LogP contribution in [0.15, 0.2) is 42.5 Å². The minimum Gasteiger partial charge on any atom is -0.496 e. The van der Waals surface area contributed by atoms with Gasteiger partial charge in [-0.05, 0) is 30.2 Å². The van der Waals surface area contributed by atoms with E-state index in [4.69, 9.17) is 28.4 Å². The summed E-state index contributed by atoms with van der Waals surface area (Å²) in [5.41, 5.74) is 2.98. The smallest absolute Gasteiger partial charge is 0.230 e. The molecule has 0 heterocycles. The van der Waals surface area contributed by atoms with Gasteiger partial charge < -0.3 is 28.4 Å². The second-order valence-corrected chi connectivity index (χ2v) is 7.39. The van der Waals surface area contributed by atoms with Gasteiger partial charge in [0.2, 0.25) is 5.79 Å². The van der Waals surface area contributed by atoms with Gasteiger partial charge in [-0.1, -0.05) is 24.3 Å². The van der Waals surface area contributed by atoms with Crippen LogP contribution >= 0.6 is 0 Å². The van der Waals surface area contributed by atoms with Gasteiger partial charge in [-0.2, -0.15) is 0 Å². The Morgan fingerprint density at radius 2 is 1.43 bits per heavy atom. The fraction of sp³-hybridized carbons (Fsp3) is 0.417. The average molecular weight is 412 g/mol. The number of hydrogen-bond donors (Lipinski definition) is 0. The van der Waals surface area contributed by atoms with Gasteiger partial charge in [0.05, 0.1) is 26.9 Å². The Balaban J connectivity index is 1.95. The standard InChI is InChI=1S/C24H28O6/c1-25-18-11-7-9-15-13-16(14-20(27-3)21(15)18)23(28-4)22-17(24(23,29-5)30-6)10-8-12-19(22)26-2/h7-12,14,16H,13H2,1-6H3. The lowest BCUT2D eigenvalue weighted by Crippen LogP contribution is -2.65. The number of hydrogen-bond acceptors (Lipinski definition) is 6. The fourth-order valence-electron chi connectivity index (χ4n) is 5.27. The summed E-state index contributed by atoms with van der Waals surface area (Å²) in [6.07, 6.45) is 2.77. The van der Waals surface area contributed by atoms with Gasteiger partial charge in [0.15, 0.2) is 5.60 Å². The van der Waals surface area contributed by atoms with Crippen LogP contribution in [0.4, 0.5) is 0 Å². The molecule has 0 saturated heterocycles. The van der Waals surface area contributed by atoms with Crippen LogP contribution in [0, 0.1) is 5.92 Å². The summed E-state index contributed by atoms with van der Waals surface area (Å²) in [4.78, 5) is 0. The molecule has 0 N–H and O–H groups in total. The molecule has 0 fully saturated rings. The van der Waals surface area contributed by atoms with E-state index < -0.39 is 11.4 Å². The number of methoxy groups -OCH3 is 6. The van der Waals surface area contributed by atoms with Crippen molar-refractivity contribution in [1.82, 2.24) is 0 Å². The molecule has 2 aromatic carbocycles. The normalized spacial score (nSPS) is 23.5. The van der Waals surface area contributed by atoms with Crippen LogP contribution in [0.25, 0.3) is 5.76 Å². The molecule has 6 heteroatoms. The number of rotatable bonds is 7. The second kappa shape index (κ2) is 7.61. The maximum Gasteiger partial charge on any atom is 0.230 e. The SMILES string of the molecule is COC1=CC(C2(OC)c3c(OC)cccc3C2(OC)OC)Cc2cccc(OC)c21. The van der Waals surface area contributed by atoms with E-state index in [1.807, 2.05) is 30.3 Å². The van der Waals surface area contributed by atoms with Crippen LogP contribution in [0.1, 0.15) is 22.3 Å². The van der Waals surface area contributed by atoms with Crippen LogP contribution < -0.4 is 9.47 Å². The molecule has 2 aliphatic carbocycles. The minimum absolute atomic E-state index is 0.138. The second-order valence-electron chi connectivity index (χ2n) is 7.39. The Morgan fingerprint density at radius 3 is 2.03 bits per heavy atom. The van der Waals surface area contributed by atoms with Gasteiger partial charge in [-0.15, -0.1) is 0 Å². The molecule has 4 rings (SSSR count). The molecule has 30 heavy (non-hydrogen) atoms. The highest BCUT2D eigenvalue weighted by Gasteiger charge is 2.70. The Labute approximate surface area is 177 Å². The van der Waals surface area contributed by atoms with Gasteiger partial charge in [0.1, 0.15) is 17.3 Å². The van der Waals surface area contributed by atoms with Crippen molar-refractivity contribution >= 4 is 5.76 Å². The van der Waals surface area contributed by atoms with E-state index in [0.717, 1.165) is 39.5 Å². The van der Waals surface area contributed by atoms with E-state index in [2.05, 4.69) is 12.1 Å². The zero-order valence-electron chi connectivity index (χ0n) is 18.3. The molecule has 2 unspecified atom stereocenters. The number of ether oxygens (including phenoxy) is 6. The molecular formula is C24H28O6. The van der Waals surface area contributed by atoms with Crippen LogP contribution in [0.2, 0.25) is 0 Å². The van der Waals surface area contributed by atoms with Crippen LogP contribution in [-0.2, 0) is 36.8 Å². The molecule has 0 spiro atoms. The third kappa shape index (κ3) is 2.41. The molecule has 0 aliphatic heterocycles. The van der Waals surface area contributed by atoms with Crippen molar-refractivity contribution in [2.45, 2.75) is 17.8 Å². The first-order valence-corrected chi connectivity index (χ1v) is 9.83. The largest absolute Gasteiger partial charge is 0.496 e. The third-order valence-electron chi connectivity index (χ3n) is 6.47. The molecule has 0 amide bonds. The van der Waals surface area contributed by atoms with Gasteiger partial charge in [0.25, 0.3) is 0 Å². The van der Waals surface area contributed by atoms with Gasteiger partial charge >= 0.3 is 0 Å². The molecule has 0 aromatic heterocycles. The number of benzene rings is 2. The predicted octanol–water partition coefficient (Wildman–Crippen LogP) is 3.86. The summed E-state index contributed by atoms with van der Waals surface area (Å²) in [5.74, 6) is 1.03. The topological polar surface area (TPSA) is 55.4 Å². The van der Waals surface area contributed by atoms with Crippen molar-refractivity contribution in [3.63, 3.8) is 0 Å². The Kier molecular flexibility index (Phi) is 5.26. The first-order chi connectivity index (χ1) is 14.6. The van der Waals surface area contributed by atoms with E-state index in [1.54, 1.807) is 42.7 Å². The predicted molar refractivity (Wildman–Crippen MR) is 113 cm³/mol. The van der Waals surface area contributed by atoms with Crippen LogP contribution in [0.3, 0.4) is 0 Å². The Bertz CT molecular complexity index is 978. The van der Waals surface area contributed by atoms with E-state index in [-0.39, 0.29) is 5.92 Å². The monoisotopic (exact) mass is 412 g/mol. The summed E-state index contributed by atoms with van der Waals surface area (Å²) in [7, 11) is 9.95. The minimum atomic E-state index is -1.08. The highest BCUT2D eigenvalue weighted by atomic mass is 16.7. The van der Waals surface area contributed by atoms with Crippen LogP contribution in [0.5, 0.6) is 11.5 Å². The maximum absolute atomic E-state index is 6.28. The summed E-state index contributed by atoms with van der Waals surface area (Å²) in [5, 5.41) is 0. The van der Waals surface area contributed by atoms with E-state index in [1.165, 1.54) is 0 Å². The molecular weight excluding hydrogens is 384 g/mol. The van der Waals surface area contributed by atoms with Crippen molar-refractivity contribution < 1.29 is 28.4 Å². The van der Waals surface area contributed by atoms with E-state index >= 15 is 0 Å². The average Bonchev–Trinajstić information content (AvgIpc) is 2.79. The lowest BCUT2D eigenvalue weighted by Gasteiger charge is -2.59. The lowest BCUT2D eigenvalue weighted by molar-refractivity contribution is -0.360. The van der Waals surface area contributed by atoms with E-state index in [0.29, 0.717) is 6.42 Å². The zero-order valence-corrected chi connectivity index (χ0v) is 18.3. The van der Waals surface area contributed by atoms with Crippen molar-refractivity contribution in [3.8, 4) is 11.5 Å². The molecule has 0 bridgehead atoms. The molecule has 0 radical (unpaired) electrons. The molecule has 2 aliphatic rings. The van der Waals surface area contributed by atoms with E-state index in [9.17, 15) is 0 Å². The summed E-state index contributed by atoms with van der Waals surface area (Å²) in [6.45, 7) is 0. The maximum atomic E-state index is 6.28. The summed E-state index contributed by atoms with van der Waals surface area (Å²) < 4.78 is 35.4. The first-order valence-electron chi connectivity index (χ1n) is 9.83. The molecule has 0 saturated carbocycles. The molecule has 6 nitrogen and oxygen atoms in total. The third-order valence-corrected chi connectivity index (χ3v) is 6.47. The zero-order chi connectivity index (χ0) is 21.5. The van der Waals surface area contributed by atoms with Gasteiger partial charge in [0, 0.05) is 38.4 Å². The van der Waals surface area contributed by atoms with Crippen molar-refractivity contribution in [2.75, 3.05) is 42.7 Å². The van der Waals surface area contributed by atoms with Crippen molar-refractivity contribution in [1.29, 1.82) is 0 Å².